The number of nitrogens with zero attached hydrogens (tertiary/aromatic N) is 3. The quantitative estimate of drug-likeness (QED) is 0.410. The third-order valence-corrected chi connectivity index (χ3v) is 7.57. The Morgan fingerprint density at radius 3 is 2.45 bits per heavy atom. The van der Waals surface area contributed by atoms with E-state index >= 15 is 0 Å². The number of amides is 1. The monoisotopic (exact) mass is 553 g/mol. The molecule has 1 atom stereocenters. The van der Waals surface area contributed by atoms with Gasteiger partial charge in [-0.05, 0) is 76.1 Å². The molecule has 0 saturated heterocycles. The number of hydrogen-bond acceptors (Lipinski definition) is 6. The lowest BCUT2D eigenvalue weighted by Gasteiger charge is -2.29. The number of hydrogen-bond donors (Lipinski definition) is 0. The highest BCUT2D eigenvalue weighted by molar-refractivity contribution is 7.07. The first-order valence-corrected chi connectivity index (χ1v) is 13.8. The van der Waals surface area contributed by atoms with Crippen molar-refractivity contribution >= 4 is 34.9 Å². The SMILES string of the molecule is CCN(CC)C(=O)C1=C(C)N=c2s/c(=C/c3ccc(OC(C)C)c(OC)c3)c(=O)n2[C@@H]1c1ccc(Cl)cc1. The number of carbonyl (C=O) groups is 1. The number of likely N-dealkylation sites (N-methyl/N-ethyl adjacent to an activating group) is 1. The number of benzene rings is 2. The summed E-state index contributed by atoms with van der Waals surface area (Å²) >= 11 is 7.46. The van der Waals surface area contributed by atoms with E-state index in [1.54, 1.807) is 28.7 Å². The summed E-state index contributed by atoms with van der Waals surface area (Å²) in [6, 6.07) is 12.2. The molecule has 0 saturated carbocycles. The normalized spacial score (nSPS) is 15.4. The Morgan fingerprint density at radius 1 is 1.16 bits per heavy atom. The molecule has 7 nitrogen and oxygen atoms in total. The number of thiazole rings is 1. The Labute approximate surface area is 231 Å². The fourth-order valence-electron chi connectivity index (χ4n) is 4.51. The van der Waals surface area contributed by atoms with Crippen LogP contribution in [0.1, 0.15) is 51.8 Å². The van der Waals surface area contributed by atoms with Crippen molar-refractivity contribution in [2.24, 2.45) is 4.99 Å². The molecule has 2 aromatic carbocycles. The fraction of sp³-hybridized carbons (Fsp3) is 0.345. The summed E-state index contributed by atoms with van der Waals surface area (Å²) in [5.74, 6) is 1.09. The second-order valence-electron chi connectivity index (χ2n) is 9.19. The average molecular weight is 554 g/mol. The summed E-state index contributed by atoms with van der Waals surface area (Å²) < 4.78 is 13.5. The maximum Gasteiger partial charge on any atom is 0.271 e. The van der Waals surface area contributed by atoms with Gasteiger partial charge in [-0.2, -0.15) is 0 Å². The van der Waals surface area contributed by atoms with Gasteiger partial charge in [-0.25, -0.2) is 4.99 Å². The summed E-state index contributed by atoms with van der Waals surface area (Å²) in [5, 5.41) is 0.581. The standard InChI is InChI=1S/C29H32ClN3O4S/c1-7-32(8-2)28(35)25-18(5)31-29-33(26(25)20-10-12-21(30)13-11-20)27(34)24(38-29)16-19-9-14-22(37-17(3)4)23(15-19)36-6/h9-17,26H,7-8H2,1-6H3/b24-16+/t26-/m1/s1. The van der Waals surface area contributed by atoms with Crippen molar-refractivity contribution in [2.75, 3.05) is 20.2 Å². The Kier molecular flexibility index (Phi) is 8.43. The Hall–Kier alpha value is -3.36. The number of fused-ring (bicyclic) bond motifs is 1. The van der Waals surface area contributed by atoms with Crippen LogP contribution in [0, 0.1) is 0 Å². The molecule has 1 amide bonds. The first kappa shape index (κ1) is 27.7. The van der Waals surface area contributed by atoms with E-state index in [4.69, 9.17) is 26.1 Å². The molecule has 1 aromatic heterocycles. The Balaban J connectivity index is 1.89. The molecule has 0 aliphatic carbocycles. The molecule has 2 heterocycles. The van der Waals surface area contributed by atoms with Crippen LogP contribution in [-0.2, 0) is 4.79 Å². The predicted molar refractivity (Wildman–Crippen MR) is 152 cm³/mol. The molecule has 0 radical (unpaired) electrons. The van der Waals surface area contributed by atoms with E-state index in [-0.39, 0.29) is 17.6 Å². The lowest BCUT2D eigenvalue weighted by atomic mass is 9.94. The topological polar surface area (TPSA) is 73.1 Å². The zero-order valence-electron chi connectivity index (χ0n) is 22.4. The van der Waals surface area contributed by atoms with Crippen LogP contribution in [0.25, 0.3) is 6.08 Å². The highest BCUT2D eigenvalue weighted by Crippen LogP contribution is 2.32. The van der Waals surface area contributed by atoms with Crippen LogP contribution in [0.2, 0.25) is 5.02 Å². The van der Waals surface area contributed by atoms with Gasteiger partial charge in [0.1, 0.15) is 0 Å². The van der Waals surface area contributed by atoms with Crippen LogP contribution >= 0.6 is 22.9 Å². The summed E-state index contributed by atoms with van der Waals surface area (Å²) in [7, 11) is 1.59. The van der Waals surface area contributed by atoms with E-state index in [9.17, 15) is 9.59 Å². The molecule has 3 aromatic rings. The maximum absolute atomic E-state index is 13.9. The van der Waals surface area contributed by atoms with Crippen LogP contribution in [0.4, 0.5) is 0 Å². The van der Waals surface area contributed by atoms with Crippen molar-refractivity contribution < 1.29 is 14.3 Å². The van der Waals surface area contributed by atoms with Gasteiger partial charge in [-0.3, -0.25) is 14.2 Å². The second-order valence-corrected chi connectivity index (χ2v) is 10.6. The summed E-state index contributed by atoms with van der Waals surface area (Å²) in [5.41, 5.74) is 2.47. The number of aromatic nitrogens is 1. The van der Waals surface area contributed by atoms with Crippen molar-refractivity contribution in [1.82, 2.24) is 9.47 Å². The number of rotatable bonds is 8. The molecule has 1 aliphatic heterocycles. The van der Waals surface area contributed by atoms with Crippen LogP contribution < -0.4 is 24.4 Å². The highest BCUT2D eigenvalue weighted by Gasteiger charge is 2.34. The van der Waals surface area contributed by atoms with Crippen LogP contribution in [0.5, 0.6) is 11.5 Å². The molecule has 1 aliphatic rings. The molecular formula is C29H32ClN3O4S. The second kappa shape index (κ2) is 11.6. The van der Waals surface area contributed by atoms with Crippen LogP contribution in [0.3, 0.4) is 0 Å². The van der Waals surface area contributed by atoms with Crippen LogP contribution in [-0.4, -0.2) is 41.7 Å². The van der Waals surface area contributed by atoms with E-state index in [0.717, 1.165) is 11.1 Å². The molecular weight excluding hydrogens is 522 g/mol. The third kappa shape index (κ3) is 5.42. The number of ether oxygens (including phenoxy) is 2. The summed E-state index contributed by atoms with van der Waals surface area (Å²) in [6.45, 7) is 10.7. The fourth-order valence-corrected chi connectivity index (χ4v) is 5.69. The minimum absolute atomic E-state index is 0.00259. The third-order valence-electron chi connectivity index (χ3n) is 6.34. The largest absolute Gasteiger partial charge is 0.493 e. The number of carbonyl (C=O) groups excluding carboxylic acids is 1. The molecule has 9 heteroatoms. The number of halogens is 1. The van der Waals surface area contributed by atoms with Crippen molar-refractivity contribution in [3.05, 3.63) is 89.6 Å². The van der Waals surface area contributed by atoms with Gasteiger partial charge in [0.05, 0.1) is 35.1 Å². The van der Waals surface area contributed by atoms with Gasteiger partial charge < -0.3 is 14.4 Å². The van der Waals surface area contributed by atoms with Gasteiger partial charge in [-0.1, -0.05) is 41.1 Å². The van der Waals surface area contributed by atoms with E-state index < -0.39 is 6.04 Å². The number of methoxy groups -OCH3 is 1. The zero-order valence-corrected chi connectivity index (χ0v) is 24.0. The zero-order chi connectivity index (χ0) is 27.6. The first-order valence-electron chi connectivity index (χ1n) is 12.6. The van der Waals surface area contributed by atoms with E-state index in [0.29, 0.717) is 50.2 Å². The van der Waals surface area contributed by atoms with Crippen molar-refractivity contribution in [3.63, 3.8) is 0 Å². The molecule has 200 valence electrons. The van der Waals surface area contributed by atoms with Gasteiger partial charge in [0.25, 0.3) is 11.5 Å². The molecule has 38 heavy (non-hydrogen) atoms. The maximum atomic E-state index is 13.9. The summed E-state index contributed by atoms with van der Waals surface area (Å²) in [6.07, 6.45) is 1.82. The molecule has 0 fully saturated rings. The van der Waals surface area contributed by atoms with Gasteiger partial charge in [0, 0.05) is 18.1 Å². The van der Waals surface area contributed by atoms with Gasteiger partial charge >= 0.3 is 0 Å². The van der Waals surface area contributed by atoms with E-state index in [1.165, 1.54) is 11.3 Å². The average Bonchev–Trinajstić information content (AvgIpc) is 3.19. The molecule has 4 rings (SSSR count). The minimum Gasteiger partial charge on any atom is -0.493 e. The van der Waals surface area contributed by atoms with Gasteiger partial charge in [0.2, 0.25) is 0 Å². The lowest BCUT2D eigenvalue weighted by Crippen LogP contribution is -2.43. The Bertz CT molecular complexity index is 1550. The van der Waals surface area contributed by atoms with E-state index in [2.05, 4.69) is 0 Å². The smallest absolute Gasteiger partial charge is 0.271 e. The van der Waals surface area contributed by atoms with E-state index in [1.807, 2.05) is 71.0 Å². The molecule has 0 N–H and O–H groups in total. The van der Waals surface area contributed by atoms with Crippen molar-refractivity contribution in [2.45, 2.75) is 46.8 Å². The first-order chi connectivity index (χ1) is 18.2. The predicted octanol–water partition coefficient (Wildman–Crippen LogP) is 4.55. The highest BCUT2D eigenvalue weighted by atomic mass is 35.5. The molecule has 0 bridgehead atoms. The van der Waals surface area contributed by atoms with Crippen molar-refractivity contribution in [3.8, 4) is 11.5 Å². The van der Waals surface area contributed by atoms with Crippen LogP contribution in [0.15, 0.2) is 63.5 Å². The van der Waals surface area contributed by atoms with Gasteiger partial charge in [-0.15, -0.1) is 0 Å². The lowest BCUT2D eigenvalue weighted by molar-refractivity contribution is -0.127. The Morgan fingerprint density at radius 2 is 1.84 bits per heavy atom. The molecule has 0 unspecified atom stereocenters. The van der Waals surface area contributed by atoms with Gasteiger partial charge in [0.15, 0.2) is 16.3 Å². The summed E-state index contributed by atoms with van der Waals surface area (Å²) in [4.78, 5) is 34.5. The number of allylic oxidation sites excluding steroid dienone is 1. The molecule has 0 spiro atoms. The minimum atomic E-state index is -0.616. The van der Waals surface area contributed by atoms with Crippen molar-refractivity contribution in [1.29, 1.82) is 0 Å².